The Morgan fingerprint density at radius 3 is 2.51 bits per heavy atom. The number of hydrogen-bond donors (Lipinski definition) is 0. The van der Waals surface area contributed by atoms with Crippen molar-refractivity contribution in [3.05, 3.63) is 96.3 Å². The molecule has 0 spiro atoms. The second kappa shape index (κ2) is 9.86. The molecule has 1 aliphatic heterocycles. The first-order valence-electron chi connectivity index (χ1n) is 12.3. The molecule has 0 N–H and O–H groups in total. The highest BCUT2D eigenvalue weighted by molar-refractivity contribution is 7.07. The zero-order valence-electron chi connectivity index (χ0n) is 21.6. The number of fused-ring (bicyclic) bond motifs is 2. The van der Waals surface area contributed by atoms with Crippen LogP contribution in [0.15, 0.2) is 69.6 Å². The number of carbonyl (C=O) groups is 1. The highest BCUT2D eigenvalue weighted by atomic mass is 32.1. The summed E-state index contributed by atoms with van der Waals surface area (Å²) in [6.07, 6.45) is 1.94. The number of thiazole rings is 1. The van der Waals surface area contributed by atoms with E-state index in [1.165, 1.54) is 11.3 Å². The van der Waals surface area contributed by atoms with Crippen molar-refractivity contribution in [3.63, 3.8) is 0 Å². The molecule has 1 unspecified atom stereocenters. The number of benzene rings is 2. The van der Waals surface area contributed by atoms with E-state index in [2.05, 4.69) is 28.6 Å². The van der Waals surface area contributed by atoms with Crippen LogP contribution in [0.2, 0.25) is 0 Å². The van der Waals surface area contributed by atoms with Crippen LogP contribution in [0.5, 0.6) is 5.75 Å². The van der Waals surface area contributed by atoms with Gasteiger partial charge >= 0.3 is 5.97 Å². The molecule has 190 valence electrons. The van der Waals surface area contributed by atoms with Crippen LogP contribution in [-0.2, 0) is 16.6 Å². The predicted molar refractivity (Wildman–Crippen MR) is 146 cm³/mol. The van der Waals surface area contributed by atoms with E-state index in [1.807, 2.05) is 56.4 Å². The lowest BCUT2D eigenvalue weighted by atomic mass is 9.96. The van der Waals surface area contributed by atoms with E-state index in [0.717, 1.165) is 33.5 Å². The summed E-state index contributed by atoms with van der Waals surface area (Å²) in [6.45, 7) is 8.32. The minimum Gasteiger partial charge on any atom is -0.494 e. The van der Waals surface area contributed by atoms with Crippen LogP contribution < -0.4 is 19.6 Å². The lowest BCUT2D eigenvalue weighted by molar-refractivity contribution is -0.139. The Labute approximate surface area is 218 Å². The number of nitrogens with zero attached hydrogens (tertiary/aromatic N) is 3. The Kier molecular flexibility index (Phi) is 6.60. The Morgan fingerprint density at radius 1 is 1.08 bits per heavy atom. The Hall–Kier alpha value is -3.91. The summed E-state index contributed by atoms with van der Waals surface area (Å²) in [4.78, 5) is 32.3. The summed E-state index contributed by atoms with van der Waals surface area (Å²) in [6, 6.07) is 15.0. The number of para-hydroxylation sites is 1. The van der Waals surface area contributed by atoms with E-state index in [4.69, 9.17) is 9.47 Å². The Bertz CT molecular complexity index is 1720. The van der Waals surface area contributed by atoms with Gasteiger partial charge in [-0.05, 0) is 57.5 Å². The summed E-state index contributed by atoms with van der Waals surface area (Å²) < 4.78 is 15.3. The molecule has 0 saturated heterocycles. The number of allylic oxidation sites excluding steroid dienone is 1. The van der Waals surface area contributed by atoms with Crippen molar-refractivity contribution >= 4 is 34.3 Å². The van der Waals surface area contributed by atoms with Crippen molar-refractivity contribution in [2.45, 2.75) is 33.7 Å². The van der Waals surface area contributed by atoms with Gasteiger partial charge in [-0.3, -0.25) is 9.36 Å². The molecular formula is C29H29N3O4S. The fourth-order valence-corrected chi connectivity index (χ4v) is 5.91. The molecule has 2 aromatic heterocycles. The quantitative estimate of drug-likeness (QED) is 0.364. The average Bonchev–Trinajstić information content (AvgIpc) is 3.32. The lowest BCUT2D eigenvalue weighted by Crippen LogP contribution is -2.39. The third-order valence-corrected chi connectivity index (χ3v) is 7.73. The maximum Gasteiger partial charge on any atom is 0.338 e. The van der Waals surface area contributed by atoms with E-state index in [9.17, 15) is 9.59 Å². The van der Waals surface area contributed by atoms with Crippen molar-refractivity contribution in [2.75, 3.05) is 13.2 Å². The molecule has 1 atom stereocenters. The lowest BCUT2D eigenvalue weighted by Gasteiger charge is -2.24. The third-order valence-electron chi connectivity index (χ3n) is 6.75. The minimum absolute atomic E-state index is 0.190. The molecule has 0 fully saturated rings. The first-order valence-corrected chi connectivity index (χ1v) is 13.1. The number of rotatable bonds is 6. The van der Waals surface area contributed by atoms with Gasteiger partial charge in [0, 0.05) is 29.2 Å². The number of aromatic nitrogens is 2. The van der Waals surface area contributed by atoms with Gasteiger partial charge in [0.05, 0.1) is 35.1 Å². The molecule has 1 aliphatic rings. The molecule has 0 amide bonds. The molecule has 0 saturated carbocycles. The largest absolute Gasteiger partial charge is 0.494 e. The zero-order valence-corrected chi connectivity index (χ0v) is 22.4. The van der Waals surface area contributed by atoms with E-state index in [1.54, 1.807) is 18.4 Å². The van der Waals surface area contributed by atoms with Crippen LogP contribution in [0.3, 0.4) is 0 Å². The molecule has 8 heteroatoms. The van der Waals surface area contributed by atoms with Crippen molar-refractivity contribution in [2.24, 2.45) is 12.0 Å². The van der Waals surface area contributed by atoms with E-state index in [0.29, 0.717) is 27.2 Å². The molecule has 5 rings (SSSR count). The monoisotopic (exact) mass is 515 g/mol. The molecule has 0 bridgehead atoms. The van der Waals surface area contributed by atoms with Gasteiger partial charge in [-0.15, -0.1) is 0 Å². The number of esters is 1. The van der Waals surface area contributed by atoms with Crippen molar-refractivity contribution < 1.29 is 14.3 Å². The zero-order chi connectivity index (χ0) is 26.3. The van der Waals surface area contributed by atoms with Gasteiger partial charge in [0.1, 0.15) is 5.75 Å². The van der Waals surface area contributed by atoms with Crippen LogP contribution >= 0.6 is 11.3 Å². The summed E-state index contributed by atoms with van der Waals surface area (Å²) in [7, 11) is 2.03. The Morgan fingerprint density at radius 2 is 1.81 bits per heavy atom. The van der Waals surface area contributed by atoms with Crippen molar-refractivity contribution in [1.82, 2.24) is 9.13 Å². The Balaban J connectivity index is 1.74. The van der Waals surface area contributed by atoms with Gasteiger partial charge in [-0.1, -0.05) is 41.7 Å². The minimum atomic E-state index is -0.651. The SMILES string of the molecule is CCOC(=O)C1=C(C)N=c2sc(=Cc3c(C)n(C)c4ccccc34)c(=O)n2C1c1ccc(OCC)cc1. The smallest absolute Gasteiger partial charge is 0.338 e. The summed E-state index contributed by atoms with van der Waals surface area (Å²) >= 11 is 1.33. The molecule has 0 radical (unpaired) electrons. The van der Waals surface area contributed by atoms with Gasteiger partial charge in [0.25, 0.3) is 5.56 Å². The first-order chi connectivity index (χ1) is 17.8. The van der Waals surface area contributed by atoms with Gasteiger partial charge in [-0.2, -0.15) is 0 Å². The maximum absolute atomic E-state index is 13.9. The molecule has 4 aromatic rings. The van der Waals surface area contributed by atoms with Gasteiger partial charge in [-0.25, -0.2) is 9.79 Å². The topological polar surface area (TPSA) is 74.8 Å². The molecule has 37 heavy (non-hydrogen) atoms. The van der Waals surface area contributed by atoms with E-state index in [-0.39, 0.29) is 12.2 Å². The normalized spacial score (nSPS) is 15.6. The van der Waals surface area contributed by atoms with Gasteiger partial charge in [0.2, 0.25) is 0 Å². The van der Waals surface area contributed by atoms with E-state index >= 15 is 0 Å². The summed E-state index contributed by atoms with van der Waals surface area (Å²) in [5.74, 6) is 0.255. The number of aryl methyl sites for hydroxylation is 1. The van der Waals surface area contributed by atoms with Gasteiger partial charge < -0.3 is 14.0 Å². The standard InChI is InChI=1S/C29H29N3O4S/c1-6-35-20-14-12-19(13-15-20)26-25(28(34)36-7-2)17(3)30-29-32(26)27(33)24(37-29)16-22-18(4)31(5)23-11-9-8-10-21(22)23/h8-16,26H,6-7H2,1-5H3. The molecule has 7 nitrogen and oxygen atoms in total. The van der Waals surface area contributed by atoms with E-state index < -0.39 is 12.0 Å². The van der Waals surface area contributed by atoms with Crippen LogP contribution in [-0.4, -0.2) is 28.3 Å². The number of ether oxygens (including phenoxy) is 2. The molecule has 0 aliphatic carbocycles. The number of carbonyl (C=O) groups excluding carboxylic acids is 1. The summed E-state index contributed by atoms with van der Waals surface area (Å²) in [5, 5.41) is 1.08. The summed E-state index contributed by atoms with van der Waals surface area (Å²) in [5.41, 5.74) is 4.68. The van der Waals surface area contributed by atoms with Crippen LogP contribution in [0, 0.1) is 6.92 Å². The maximum atomic E-state index is 13.9. The highest BCUT2D eigenvalue weighted by Crippen LogP contribution is 2.32. The highest BCUT2D eigenvalue weighted by Gasteiger charge is 2.33. The van der Waals surface area contributed by atoms with Crippen molar-refractivity contribution in [1.29, 1.82) is 0 Å². The fraction of sp³-hybridized carbons (Fsp3) is 0.276. The fourth-order valence-electron chi connectivity index (χ4n) is 4.88. The van der Waals surface area contributed by atoms with Crippen molar-refractivity contribution in [3.8, 4) is 5.75 Å². The second-order valence-electron chi connectivity index (χ2n) is 8.88. The second-order valence-corrected chi connectivity index (χ2v) is 9.89. The average molecular weight is 516 g/mol. The molecule has 2 aromatic carbocycles. The first kappa shape index (κ1) is 24.8. The van der Waals surface area contributed by atoms with Crippen LogP contribution in [0.25, 0.3) is 17.0 Å². The van der Waals surface area contributed by atoms with Crippen LogP contribution in [0.1, 0.15) is 43.6 Å². The third kappa shape index (κ3) is 4.21. The predicted octanol–water partition coefficient (Wildman–Crippen LogP) is 4.00. The molecule has 3 heterocycles. The molecular weight excluding hydrogens is 486 g/mol. The van der Waals surface area contributed by atoms with Crippen LogP contribution in [0.4, 0.5) is 0 Å². The number of hydrogen-bond acceptors (Lipinski definition) is 6. The van der Waals surface area contributed by atoms with Gasteiger partial charge in [0.15, 0.2) is 4.80 Å².